The summed E-state index contributed by atoms with van der Waals surface area (Å²) in [5.41, 5.74) is 0.0618. The predicted molar refractivity (Wildman–Crippen MR) is 68.2 cm³/mol. The van der Waals surface area contributed by atoms with Crippen LogP contribution in [0.2, 0.25) is 0 Å². The number of aryl methyl sites for hydroxylation is 1. The summed E-state index contributed by atoms with van der Waals surface area (Å²) in [6.45, 7) is 7.86. The Morgan fingerprint density at radius 2 is 2.06 bits per heavy atom. The normalized spacial score (nSPS) is 20.5. The molecule has 5 nitrogen and oxygen atoms in total. The van der Waals surface area contributed by atoms with Crippen LogP contribution in [0.1, 0.15) is 51.8 Å². The van der Waals surface area contributed by atoms with Crippen LogP contribution >= 0.6 is 0 Å². The van der Waals surface area contributed by atoms with E-state index in [0.29, 0.717) is 18.5 Å². The van der Waals surface area contributed by atoms with Crippen LogP contribution < -0.4 is 5.32 Å². The highest BCUT2D eigenvalue weighted by molar-refractivity contribution is 4.85. The van der Waals surface area contributed by atoms with Gasteiger partial charge in [0.05, 0.1) is 12.6 Å². The molecule has 1 aromatic rings. The maximum atomic E-state index is 5.60. The maximum absolute atomic E-state index is 5.60. The van der Waals surface area contributed by atoms with Crippen molar-refractivity contribution in [3.8, 4) is 0 Å². The van der Waals surface area contributed by atoms with E-state index in [1.54, 1.807) is 0 Å². The van der Waals surface area contributed by atoms with Crippen LogP contribution in [0.5, 0.6) is 0 Å². The Morgan fingerprint density at radius 1 is 1.28 bits per heavy atom. The molecule has 18 heavy (non-hydrogen) atoms. The Kier molecular flexibility index (Phi) is 4.35. The van der Waals surface area contributed by atoms with Gasteiger partial charge in [-0.2, -0.15) is 0 Å². The number of aromatic nitrogens is 2. The average molecular weight is 253 g/mol. The summed E-state index contributed by atoms with van der Waals surface area (Å²) >= 11 is 0. The lowest BCUT2D eigenvalue weighted by atomic mass is 10.1. The molecule has 0 bridgehead atoms. The van der Waals surface area contributed by atoms with Crippen molar-refractivity contribution >= 4 is 0 Å². The maximum Gasteiger partial charge on any atom is 0.230 e. The second-order valence-corrected chi connectivity index (χ2v) is 5.87. The van der Waals surface area contributed by atoms with Crippen molar-refractivity contribution < 1.29 is 9.15 Å². The van der Waals surface area contributed by atoms with Crippen LogP contribution in [-0.2, 0) is 17.7 Å². The molecule has 2 rings (SSSR count). The Hall–Kier alpha value is -0.940. The van der Waals surface area contributed by atoms with Gasteiger partial charge >= 0.3 is 0 Å². The number of rotatable bonds is 5. The smallest absolute Gasteiger partial charge is 0.230 e. The second kappa shape index (κ2) is 5.80. The highest BCUT2D eigenvalue weighted by atomic mass is 16.5. The van der Waals surface area contributed by atoms with E-state index in [4.69, 9.17) is 9.15 Å². The monoisotopic (exact) mass is 253 g/mol. The van der Waals surface area contributed by atoms with Crippen LogP contribution in [0, 0.1) is 0 Å². The first-order valence-electron chi connectivity index (χ1n) is 6.71. The van der Waals surface area contributed by atoms with Crippen LogP contribution in [-0.4, -0.2) is 28.4 Å². The molecule has 5 heteroatoms. The minimum atomic E-state index is 0.0618. The molecule has 0 radical (unpaired) electrons. The zero-order chi connectivity index (χ0) is 13.0. The largest absolute Gasteiger partial charge is 0.424 e. The van der Waals surface area contributed by atoms with Gasteiger partial charge in [0.25, 0.3) is 0 Å². The van der Waals surface area contributed by atoms with Crippen LogP contribution in [0.3, 0.4) is 0 Å². The molecule has 2 heterocycles. The fourth-order valence-corrected chi connectivity index (χ4v) is 1.96. The van der Waals surface area contributed by atoms with Crippen molar-refractivity contribution in [3.05, 3.63) is 11.8 Å². The van der Waals surface area contributed by atoms with Crippen molar-refractivity contribution in [2.24, 2.45) is 0 Å². The van der Waals surface area contributed by atoms with E-state index in [9.17, 15) is 0 Å². The average Bonchev–Trinajstić information content (AvgIpc) is 2.94. The first-order valence-corrected chi connectivity index (χ1v) is 6.71. The summed E-state index contributed by atoms with van der Waals surface area (Å²) in [7, 11) is 0. The molecule has 0 amide bonds. The Morgan fingerprint density at radius 3 is 2.72 bits per heavy atom. The highest BCUT2D eigenvalue weighted by Crippen LogP contribution is 2.17. The van der Waals surface area contributed by atoms with E-state index in [0.717, 1.165) is 31.8 Å². The van der Waals surface area contributed by atoms with E-state index in [1.165, 1.54) is 6.42 Å². The fraction of sp³-hybridized carbons (Fsp3) is 0.846. The van der Waals surface area contributed by atoms with Crippen LogP contribution in [0.25, 0.3) is 0 Å². The number of nitrogens with zero attached hydrogens (tertiary/aromatic N) is 2. The Balaban J connectivity index is 1.75. The molecule has 0 aromatic carbocycles. The van der Waals surface area contributed by atoms with Crippen LogP contribution in [0.15, 0.2) is 4.42 Å². The molecular weight excluding hydrogens is 230 g/mol. The van der Waals surface area contributed by atoms with E-state index < -0.39 is 0 Å². The van der Waals surface area contributed by atoms with Gasteiger partial charge in [0, 0.05) is 18.6 Å². The van der Waals surface area contributed by atoms with Crippen molar-refractivity contribution in [2.75, 3.05) is 6.61 Å². The van der Waals surface area contributed by atoms with Gasteiger partial charge in [0.15, 0.2) is 0 Å². The van der Waals surface area contributed by atoms with E-state index >= 15 is 0 Å². The quantitative estimate of drug-likeness (QED) is 0.870. The Bertz CT molecular complexity index is 365. The SMILES string of the molecule is CC(C)(C)NCc1nnc(CCC2CCCO2)o1. The van der Waals surface area contributed by atoms with Gasteiger partial charge in [-0.15, -0.1) is 10.2 Å². The highest BCUT2D eigenvalue weighted by Gasteiger charge is 2.17. The number of ether oxygens (including phenoxy) is 1. The molecule has 102 valence electrons. The topological polar surface area (TPSA) is 60.2 Å². The molecule has 1 aliphatic heterocycles. The molecule has 0 saturated carbocycles. The number of nitrogens with one attached hydrogen (secondary N) is 1. The van der Waals surface area contributed by atoms with Gasteiger partial charge in [-0.1, -0.05) is 0 Å². The van der Waals surface area contributed by atoms with Crippen molar-refractivity contribution in [3.63, 3.8) is 0 Å². The summed E-state index contributed by atoms with van der Waals surface area (Å²) in [4.78, 5) is 0. The summed E-state index contributed by atoms with van der Waals surface area (Å²) in [6, 6.07) is 0. The lowest BCUT2D eigenvalue weighted by Gasteiger charge is -2.18. The first kappa shape index (κ1) is 13.5. The fourth-order valence-electron chi connectivity index (χ4n) is 1.96. The molecular formula is C13H23N3O2. The van der Waals surface area contributed by atoms with Crippen molar-refractivity contribution in [1.82, 2.24) is 15.5 Å². The third kappa shape index (κ3) is 4.38. The minimum absolute atomic E-state index is 0.0618. The summed E-state index contributed by atoms with van der Waals surface area (Å²) in [5, 5.41) is 11.4. The zero-order valence-corrected chi connectivity index (χ0v) is 11.5. The lowest BCUT2D eigenvalue weighted by molar-refractivity contribution is 0.103. The first-order chi connectivity index (χ1) is 8.53. The van der Waals surface area contributed by atoms with Gasteiger partial charge < -0.3 is 14.5 Å². The second-order valence-electron chi connectivity index (χ2n) is 5.87. The summed E-state index contributed by atoms with van der Waals surface area (Å²) in [6.07, 6.45) is 4.51. The molecule has 1 aliphatic rings. The lowest BCUT2D eigenvalue weighted by Crippen LogP contribution is -2.35. The van der Waals surface area contributed by atoms with E-state index in [2.05, 4.69) is 36.3 Å². The molecule has 1 saturated heterocycles. The van der Waals surface area contributed by atoms with Crippen LogP contribution in [0.4, 0.5) is 0 Å². The van der Waals surface area contributed by atoms with Crippen molar-refractivity contribution in [1.29, 1.82) is 0 Å². The minimum Gasteiger partial charge on any atom is -0.424 e. The summed E-state index contributed by atoms with van der Waals surface area (Å²) < 4.78 is 11.2. The molecule has 1 N–H and O–H groups in total. The standard InChI is InChI=1S/C13H23N3O2/c1-13(2,3)14-9-12-16-15-11(18-12)7-6-10-5-4-8-17-10/h10,14H,4-9H2,1-3H3. The van der Waals surface area contributed by atoms with Crippen molar-refractivity contribution in [2.45, 2.75) is 64.6 Å². The van der Waals surface area contributed by atoms with E-state index in [1.807, 2.05) is 0 Å². The molecule has 1 unspecified atom stereocenters. The molecule has 0 aliphatic carbocycles. The third-order valence-electron chi connectivity index (χ3n) is 2.98. The number of hydrogen-bond acceptors (Lipinski definition) is 5. The zero-order valence-electron chi connectivity index (χ0n) is 11.5. The number of hydrogen-bond donors (Lipinski definition) is 1. The molecule has 1 atom stereocenters. The van der Waals surface area contributed by atoms with Gasteiger partial charge in [-0.05, 0) is 40.0 Å². The Labute approximate surface area is 108 Å². The molecule has 1 fully saturated rings. The van der Waals surface area contributed by atoms with Gasteiger partial charge in [0.1, 0.15) is 0 Å². The predicted octanol–water partition coefficient (Wildman–Crippen LogP) is 2.07. The summed E-state index contributed by atoms with van der Waals surface area (Å²) in [5.74, 6) is 1.38. The van der Waals surface area contributed by atoms with E-state index in [-0.39, 0.29) is 5.54 Å². The van der Waals surface area contributed by atoms with Gasteiger partial charge in [-0.3, -0.25) is 0 Å². The van der Waals surface area contributed by atoms with Gasteiger partial charge in [-0.25, -0.2) is 0 Å². The molecule has 0 spiro atoms. The molecule has 1 aromatic heterocycles. The van der Waals surface area contributed by atoms with Gasteiger partial charge in [0.2, 0.25) is 11.8 Å². The third-order valence-corrected chi connectivity index (χ3v) is 2.98.